The molecule has 0 saturated carbocycles. The van der Waals surface area contributed by atoms with Crippen LogP contribution < -0.4 is 9.64 Å². The number of nitrogens with zero attached hydrogens (tertiary/aromatic N) is 6. The molecule has 128 valence electrons. The lowest BCUT2D eigenvalue weighted by Crippen LogP contribution is -2.35. The molecule has 0 spiro atoms. The van der Waals surface area contributed by atoms with Crippen LogP contribution >= 0.6 is 0 Å². The fourth-order valence-electron chi connectivity index (χ4n) is 3.04. The third-order valence-corrected chi connectivity index (χ3v) is 4.41. The van der Waals surface area contributed by atoms with Crippen molar-refractivity contribution in [1.29, 1.82) is 0 Å². The average molecular weight is 336 g/mol. The Balaban J connectivity index is 1.37. The highest BCUT2D eigenvalue weighted by Crippen LogP contribution is 2.24. The van der Waals surface area contributed by atoms with Gasteiger partial charge in [0.25, 0.3) is 0 Å². The summed E-state index contributed by atoms with van der Waals surface area (Å²) in [6.07, 6.45) is 7.41. The third-order valence-electron chi connectivity index (χ3n) is 4.41. The quantitative estimate of drug-likeness (QED) is 0.713. The number of ether oxygens (including phenoxy) is 1. The number of hydrogen-bond acceptors (Lipinski definition) is 6. The van der Waals surface area contributed by atoms with Crippen molar-refractivity contribution in [3.63, 3.8) is 0 Å². The lowest BCUT2D eigenvalue weighted by atomic mass is 10.1. The SMILES string of the molecule is c1ccc(COc2ccnc(N3CCC(n4ccnn4)CC3)n2)cc1. The zero-order valence-corrected chi connectivity index (χ0v) is 13.9. The molecular weight excluding hydrogens is 316 g/mol. The minimum absolute atomic E-state index is 0.399. The van der Waals surface area contributed by atoms with Crippen LogP contribution in [0.1, 0.15) is 24.4 Å². The maximum absolute atomic E-state index is 5.80. The van der Waals surface area contributed by atoms with E-state index >= 15 is 0 Å². The van der Waals surface area contributed by atoms with E-state index in [4.69, 9.17) is 4.74 Å². The van der Waals surface area contributed by atoms with Gasteiger partial charge in [0.15, 0.2) is 0 Å². The van der Waals surface area contributed by atoms with Crippen molar-refractivity contribution in [1.82, 2.24) is 25.0 Å². The first-order chi connectivity index (χ1) is 12.4. The minimum Gasteiger partial charge on any atom is -0.473 e. The normalized spacial score (nSPS) is 15.3. The Kier molecular flexibility index (Phi) is 4.54. The summed E-state index contributed by atoms with van der Waals surface area (Å²) >= 11 is 0. The maximum atomic E-state index is 5.80. The van der Waals surface area contributed by atoms with Crippen LogP contribution in [-0.2, 0) is 6.61 Å². The molecule has 0 unspecified atom stereocenters. The van der Waals surface area contributed by atoms with E-state index in [0.29, 0.717) is 18.5 Å². The summed E-state index contributed by atoms with van der Waals surface area (Å²) in [5.74, 6) is 1.33. The van der Waals surface area contributed by atoms with Crippen LogP contribution in [0.5, 0.6) is 5.88 Å². The molecule has 3 heterocycles. The second kappa shape index (κ2) is 7.29. The Morgan fingerprint density at radius 3 is 2.64 bits per heavy atom. The number of hydrogen-bond donors (Lipinski definition) is 0. The molecule has 0 bridgehead atoms. The van der Waals surface area contributed by atoms with Crippen molar-refractivity contribution < 1.29 is 4.74 Å². The van der Waals surface area contributed by atoms with Gasteiger partial charge in [-0.05, 0) is 18.4 Å². The largest absolute Gasteiger partial charge is 0.473 e. The highest BCUT2D eigenvalue weighted by atomic mass is 16.5. The first-order valence-electron chi connectivity index (χ1n) is 8.49. The van der Waals surface area contributed by atoms with Crippen LogP contribution in [0.2, 0.25) is 0 Å². The van der Waals surface area contributed by atoms with Crippen LogP contribution in [-0.4, -0.2) is 38.1 Å². The summed E-state index contributed by atoms with van der Waals surface area (Å²) in [6, 6.07) is 12.3. The molecule has 7 heteroatoms. The van der Waals surface area contributed by atoms with E-state index in [1.807, 2.05) is 41.2 Å². The molecule has 0 radical (unpaired) electrons. The van der Waals surface area contributed by atoms with Crippen molar-refractivity contribution in [3.05, 3.63) is 60.6 Å². The monoisotopic (exact) mass is 336 g/mol. The maximum Gasteiger partial charge on any atom is 0.228 e. The highest BCUT2D eigenvalue weighted by molar-refractivity contribution is 5.32. The van der Waals surface area contributed by atoms with Crippen molar-refractivity contribution >= 4 is 5.95 Å². The van der Waals surface area contributed by atoms with Crippen LogP contribution in [0, 0.1) is 0 Å². The minimum atomic E-state index is 0.399. The van der Waals surface area contributed by atoms with Crippen LogP contribution in [0.15, 0.2) is 55.0 Å². The number of piperidine rings is 1. The Hall–Kier alpha value is -2.96. The van der Waals surface area contributed by atoms with Crippen molar-refractivity contribution in [2.24, 2.45) is 0 Å². The second-order valence-electron chi connectivity index (χ2n) is 6.07. The molecule has 3 aromatic rings. The van der Waals surface area contributed by atoms with Crippen LogP contribution in [0.25, 0.3) is 0 Å². The Labute approximate surface area is 146 Å². The summed E-state index contributed by atoms with van der Waals surface area (Å²) in [5.41, 5.74) is 1.12. The molecule has 0 atom stereocenters. The molecule has 1 aliphatic rings. The van der Waals surface area contributed by atoms with Gasteiger partial charge >= 0.3 is 0 Å². The summed E-state index contributed by atoms with van der Waals surface area (Å²) in [4.78, 5) is 11.2. The number of rotatable bonds is 5. The molecule has 1 saturated heterocycles. The molecule has 4 rings (SSSR count). The van der Waals surface area contributed by atoms with Gasteiger partial charge in [0.2, 0.25) is 11.8 Å². The summed E-state index contributed by atoms with van der Waals surface area (Å²) in [5, 5.41) is 7.99. The zero-order chi connectivity index (χ0) is 16.9. The Bertz CT molecular complexity index is 784. The molecule has 2 aromatic heterocycles. The zero-order valence-electron chi connectivity index (χ0n) is 13.9. The van der Waals surface area contributed by atoms with E-state index in [0.717, 1.165) is 37.4 Å². The Morgan fingerprint density at radius 1 is 1.04 bits per heavy atom. The molecular formula is C18H20N6O. The topological polar surface area (TPSA) is 69.0 Å². The number of benzene rings is 1. The van der Waals surface area contributed by atoms with Crippen LogP contribution in [0.3, 0.4) is 0 Å². The highest BCUT2D eigenvalue weighted by Gasteiger charge is 2.22. The van der Waals surface area contributed by atoms with Gasteiger partial charge in [-0.3, -0.25) is 0 Å². The molecule has 0 aliphatic carbocycles. The standard InChI is InChI=1S/C18H20N6O/c1-2-4-15(5-3-1)14-25-17-6-9-19-18(21-17)23-11-7-16(8-12-23)24-13-10-20-22-24/h1-6,9-10,13,16H,7-8,11-12,14H2. The van der Waals surface area contributed by atoms with E-state index < -0.39 is 0 Å². The van der Waals surface area contributed by atoms with Gasteiger partial charge in [0.05, 0.1) is 12.2 Å². The predicted molar refractivity (Wildman–Crippen MR) is 93.3 cm³/mol. The van der Waals surface area contributed by atoms with Gasteiger partial charge < -0.3 is 9.64 Å². The van der Waals surface area contributed by atoms with E-state index in [1.54, 1.807) is 18.5 Å². The second-order valence-corrected chi connectivity index (χ2v) is 6.07. The van der Waals surface area contributed by atoms with Crippen LogP contribution in [0.4, 0.5) is 5.95 Å². The first kappa shape index (κ1) is 15.6. The smallest absolute Gasteiger partial charge is 0.228 e. The lowest BCUT2D eigenvalue weighted by Gasteiger charge is -2.31. The van der Waals surface area contributed by atoms with E-state index in [-0.39, 0.29) is 0 Å². The fraction of sp³-hybridized carbons (Fsp3) is 0.333. The predicted octanol–water partition coefficient (Wildman–Crippen LogP) is 2.49. The van der Waals surface area contributed by atoms with Gasteiger partial charge in [-0.15, -0.1) is 5.10 Å². The molecule has 25 heavy (non-hydrogen) atoms. The van der Waals surface area contributed by atoms with Gasteiger partial charge in [0, 0.05) is 31.5 Å². The van der Waals surface area contributed by atoms with Crippen molar-refractivity contribution in [2.45, 2.75) is 25.5 Å². The number of anilines is 1. The van der Waals surface area contributed by atoms with Crippen molar-refractivity contribution in [2.75, 3.05) is 18.0 Å². The van der Waals surface area contributed by atoms with Gasteiger partial charge in [-0.2, -0.15) is 4.98 Å². The average Bonchev–Trinajstić information content (AvgIpc) is 3.22. The molecule has 1 aliphatic heterocycles. The Morgan fingerprint density at radius 2 is 1.88 bits per heavy atom. The van der Waals surface area contributed by atoms with E-state index in [1.165, 1.54) is 0 Å². The summed E-state index contributed by atoms with van der Waals surface area (Å²) in [6.45, 7) is 2.30. The van der Waals surface area contributed by atoms with Crippen molar-refractivity contribution in [3.8, 4) is 5.88 Å². The number of aromatic nitrogens is 5. The van der Waals surface area contributed by atoms with E-state index in [2.05, 4.69) is 25.2 Å². The summed E-state index contributed by atoms with van der Waals surface area (Å²) in [7, 11) is 0. The van der Waals surface area contributed by atoms with E-state index in [9.17, 15) is 0 Å². The third kappa shape index (κ3) is 3.76. The van der Waals surface area contributed by atoms with Gasteiger partial charge in [-0.25, -0.2) is 9.67 Å². The first-order valence-corrected chi connectivity index (χ1v) is 8.49. The fourth-order valence-corrected chi connectivity index (χ4v) is 3.04. The summed E-state index contributed by atoms with van der Waals surface area (Å²) < 4.78 is 7.75. The van der Waals surface area contributed by atoms with Gasteiger partial charge in [0.1, 0.15) is 6.61 Å². The van der Waals surface area contributed by atoms with Gasteiger partial charge in [-0.1, -0.05) is 35.5 Å². The molecule has 0 N–H and O–H groups in total. The molecule has 1 fully saturated rings. The lowest BCUT2D eigenvalue weighted by molar-refractivity contribution is 0.292. The molecule has 0 amide bonds. The molecule has 7 nitrogen and oxygen atoms in total. The molecule has 1 aromatic carbocycles.